The third kappa shape index (κ3) is 6.68. The van der Waals surface area contributed by atoms with E-state index in [1.165, 1.54) is 10.4 Å². The van der Waals surface area contributed by atoms with E-state index in [1.54, 1.807) is 20.8 Å². The lowest BCUT2D eigenvalue weighted by Gasteiger charge is -2.18. The van der Waals surface area contributed by atoms with E-state index < -0.39 is 26.3 Å². The van der Waals surface area contributed by atoms with Crippen molar-refractivity contribution in [1.82, 2.24) is 0 Å². The molecule has 5 heteroatoms. The maximum absolute atomic E-state index is 12.0. The van der Waals surface area contributed by atoms with E-state index in [1.807, 2.05) is 36.4 Å². The highest BCUT2D eigenvalue weighted by Crippen LogP contribution is 2.07. The van der Waals surface area contributed by atoms with Crippen molar-refractivity contribution in [2.24, 2.45) is 0 Å². The molecular formula is C21H24O4Si. The molecule has 0 bridgehead atoms. The van der Waals surface area contributed by atoms with Crippen LogP contribution in [0.2, 0.25) is 0 Å². The third-order valence-corrected chi connectivity index (χ3v) is 6.44. The molecule has 0 saturated carbocycles. The van der Waals surface area contributed by atoms with Gasteiger partial charge in [-0.1, -0.05) is 71.0 Å². The van der Waals surface area contributed by atoms with Gasteiger partial charge in [-0.2, -0.15) is 0 Å². The number of ether oxygens (including phenoxy) is 2. The van der Waals surface area contributed by atoms with Crippen molar-refractivity contribution < 1.29 is 19.1 Å². The summed E-state index contributed by atoms with van der Waals surface area (Å²) in [7, 11) is -1.68. The summed E-state index contributed by atoms with van der Waals surface area (Å²) in [6, 6.07) is 20.1. The Morgan fingerprint density at radius 2 is 1.31 bits per heavy atom. The Labute approximate surface area is 156 Å². The fraction of sp³-hybridized carbons (Fsp3) is 0.238. The largest absolute Gasteiger partial charge is 0.466 e. The van der Waals surface area contributed by atoms with Gasteiger partial charge in [-0.3, -0.25) is 0 Å². The van der Waals surface area contributed by atoms with Crippen LogP contribution in [0, 0.1) is 0 Å². The molecule has 2 rings (SSSR count). The van der Waals surface area contributed by atoms with E-state index in [2.05, 4.69) is 24.3 Å². The van der Waals surface area contributed by atoms with Crippen LogP contribution < -0.4 is 10.4 Å². The summed E-state index contributed by atoms with van der Waals surface area (Å²) in [6.45, 7) is 5.31. The van der Waals surface area contributed by atoms with Crippen LogP contribution in [0.5, 0.6) is 0 Å². The molecule has 0 spiro atoms. The van der Waals surface area contributed by atoms with E-state index in [-0.39, 0.29) is 0 Å². The van der Waals surface area contributed by atoms with E-state index >= 15 is 0 Å². The SMILES string of the molecule is CC(C)(C)OC(=O)/C=C\C(=O)OC[SiH](c1ccccc1)c1ccccc1. The van der Waals surface area contributed by atoms with E-state index in [0.29, 0.717) is 6.23 Å². The normalized spacial score (nSPS) is 11.5. The van der Waals surface area contributed by atoms with Gasteiger partial charge in [0.05, 0.1) is 6.23 Å². The minimum Gasteiger partial charge on any atom is -0.466 e. The van der Waals surface area contributed by atoms with Crippen LogP contribution in [0.4, 0.5) is 0 Å². The minimum absolute atomic E-state index is 0.325. The van der Waals surface area contributed by atoms with Gasteiger partial charge in [-0.15, -0.1) is 0 Å². The van der Waals surface area contributed by atoms with Crippen molar-refractivity contribution in [3.63, 3.8) is 0 Å². The Bertz CT molecular complexity index is 709. The highest BCUT2D eigenvalue weighted by Gasteiger charge is 2.18. The van der Waals surface area contributed by atoms with Crippen LogP contribution in [0.3, 0.4) is 0 Å². The van der Waals surface area contributed by atoms with E-state index in [0.717, 1.165) is 12.2 Å². The summed E-state index contributed by atoms with van der Waals surface area (Å²) in [5.74, 6) is -1.10. The van der Waals surface area contributed by atoms with Gasteiger partial charge in [0.2, 0.25) is 0 Å². The van der Waals surface area contributed by atoms with Gasteiger partial charge in [0.15, 0.2) is 0 Å². The van der Waals surface area contributed by atoms with Crippen LogP contribution in [0.25, 0.3) is 0 Å². The number of rotatable bonds is 6. The Morgan fingerprint density at radius 3 is 1.77 bits per heavy atom. The van der Waals surface area contributed by atoms with Crippen molar-refractivity contribution >= 4 is 31.1 Å². The molecule has 136 valence electrons. The third-order valence-electron chi connectivity index (χ3n) is 3.56. The van der Waals surface area contributed by atoms with Crippen LogP contribution in [0.15, 0.2) is 72.8 Å². The highest BCUT2D eigenvalue weighted by atomic mass is 28.3. The molecular weight excluding hydrogens is 344 g/mol. The van der Waals surface area contributed by atoms with Crippen molar-refractivity contribution in [3.8, 4) is 0 Å². The highest BCUT2D eigenvalue weighted by molar-refractivity contribution is 6.85. The second-order valence-electron chi connectivity index (χ2n) is 6.87. The zero-order chi connectivity index (χ0) is 19.0. The number of carbonyl (C=O) groups is 2. The number of carbonyl (C=O) groups excluding carboxylic acids is 2. The quantitative estimate of drug-likeness (QED) is 0.445. The second-order valence-corrected chi connectivity index (χ2v) is 9.64. The average molecular weight is 369 g/mol. The molecule has 0 amide bonds. The summed E-state index contributed by atoms with van der Waals surface area (Å²) in [5.41, 5.74) is -0.593. The summed E-state index contributed by atoms with van der Waals surface area (Å²) in [4.78, 5) is 23.6. The van der Waals surface area contributed by atoms with Crippen molar-refractivity contribution in [2.75, 3.05) is 6.23 Å². The summed E-state index contributed by atoms with van der Waals surface area (Å²) < 4.78 is 10.5. The molecule has 2 aromatic carbocycles. The number of esters is 2. The standard InChI is InChI=1S/C21H24O4Si/c1-21(2,3)25-20(23)15-14-19(22)24-16-26(17-10-6-4-7-11-17)18-12-8-5-9-13-18/h4-15,26H,16H2,1-3H3/b15-14-. The molecule has 0 unspecified atom stereocenters. The number of hydrogen-bond donors (Lipinski definition) is 0. The topological polar surface area (TPSA) is 52.6 Å². The van der Waals surface area contributed by atoms with E-state index in [4.69, 9.17) is 9.47 Å². The molecule has 26 heavy (non-hydrogen) atoms. The smallest absolute Gasteiger partial charge is 0.331 e. The molecule has 0 aliphatic heterocycles. The Hall–Kier alpha value is -2.66. The lowest BCUT2D eigenvalue weighted by molar-refractivity contribution is -0.149. The second kappa shape index (κ2) is 9.15. The summed E-state index contributed by atoms with van der Waals surface area (Å²) in [6.07, 6.45) is 2.55. The van der Waals surface area contributed by atoms with Crippen molar-refractivity contribution in [3.05, 3.63) is 72.8 Å². The molecule has 0 radical (unpaired) electrons. The predicted octanol–water partition coefficient (Wildman–Crippen LogP) is 2.01. The molecule has 0 aliphatic rings. The van der Waals surface area contributed by atoms with Gasteiger partial charge >= 0.3 is 11.9 Å². The van der Waals surface area contributed by atoms with Crippen LogP contribution >= 0.6 is 0 Å². The first-order valence-corrected chi connectivity index (χ1v) is 10.5. The molecule has 4 nitrogen and oxygen atoms in total. The molecule has 0 N–H and O–H groups in total. The first-order valence-electron chi connectivity index (χ1n) is 8.53. The maximum atomic E-state index is 12.0. The van der Waals surface area contributed by atoms with Gasteiger partial charge < -0.3 is 9.47 Å². The first-order chi connectivity index (χ1) is 12.3. The monoisotopic (exact) mass is 368 g/mol. The molecule has 0 heterocycles. The fourth-order valence-electron chi connectivity index (χ4n) is 2.44. The lowest BCUT2D eigenvalue weighted by atomic mass is 10.2. The summed E-state index contributed by atoms with van der Waals surface area (Å²) in [5, 5.41) is 2.39. The van der Waals surface area contributed by atoms with Gasteiger partial charge in [0.25, 0.3) is 0 Å². The Balaban J connectivity index is 2.01. The first kappa shape index (κ1) is 19.7. The molecule has 0 aliphatic carbocycles. The fourth-order valence-corrected chi connectivity index (χ4v) is 4.92. The Kier molecular flexibility index (Phi) is 6.92. The van der Waals surface area contributed by atoms with Crippen LogP contribution in [0.1, 0.15) is 20.8 Å². The predicted molar refractivity (Wildman–Crippen MR) is 105 cm³/mol. The van der Waals surface area contributed by atoms with Gasteiger partial charge in [0.1, 0.15) is 14.4 Å². The van der Waals surface area contributed by atoms with Crippen LogP contribution in [-0.2, 0) is 19.1 Å². The Morgan fingerprint density at radius 1 is 0.846 bits per heavy atom. The van der Waals surface area contributed by atoms with Gasteiger partial charge in [-0.25, -0.2) is 9.59 Å². The zero-order valence-corrected chi connectivity index (χ0v) is 16.5. The molecule has 2 aromatic rings. The summed E-state index contributed by atoms with van der Waals surface area (Å²) >= 11 is 0. The molecule has 0 atom stereocenters. The number of benzene rings is 2. The molecule has 0 saturated heterocycles. The maximum Gasteiger partial charge on any atom is 0.331 e. The lowest BCUT2D eigenvalue weighted by Crippen LogP contribution is -2.46. The van der Waals surface area contributed by atoms with Crippen molar-refractivity contribution in [1.29, 1.82) is 0 Å². The van der Waals surface area contributed by atoms with Crippen LogP contribution in [-0.4, -0.2) is 32.6 Å². The van der Waals surface area contributed by atoms with Crippen molar-refractivity contribution in [2.45, 2.75) is 26.4 Å². The van der Waals surface area contributed by atoms with Gasteiger partial charge in [-0.05, 0) is 20.8 Å². The van der Waals surface area contributed by atoms with Gasteiger partial charge in [0, 0.05) is 12.2 Å². The molecule has 0 fully saturated rings. The molecule has 0 aromatic heterocycles. The average Bonchev–Trinajstić information content (AvgIpc) is 2.60. The van der Waals surface area contributed by atoms with E-state index in [9.17, 15) is 9.59 Å². The number of hydrogen-bond acceptors (Lipinski definition) is 4. The minimum atomic E-state index is -1.68. The zero-order valence-electron chi connectivity index (χ0n) is 15.3.